The lowest BCUT2D eigenvalue weighted by molar-refractivity contribution is -0.121. The molecule has 0 N–H and O–H groups in total. The van der Waals surface area contributed by atoms with Gasteiger partial charge in [0, 0.05) is 29.3 Å². The monoisotopic (exact) mass is 252 g/mol. The van der Waals surface area contributed by atoms with Crippen LogP contribution in [0.3, 0.4) is 0 Å². The summed E-state index contributed by atoms with van der Waals surface area (Å²) in [5.74, 6) is 1.24. The summed E-state index contributed by atoms with van der Waals surface area (Å²) in [5, 5.41) is 0.696. The first-order valence-corrected chi connectivity index (χ1v) is 6.46. The summed E-state index contributed by atoms with van der Waals surface area (Å²) in [6.07, 6.45) is 2.20. The number of hydrogen-bond acceptors (Lipinski definition) is 2. The van der Waals surface area contributed by atoms with Gasteiger partial charge in [-0.15, -0.1) is 0 Å². The summed E-state index contributed by atoms with van der Waals surface area (Å²) in [6.45, 7) is 4.69. The van der Waals surface area contributed by atoms with Crippen LogP contribution in [-0.2, 0) is 17.6 Å². The van der Waals surface area contributed by atoms with E-state index in [4.69, 9.17) is 16.3 Å². The van der Waals surface area contributed by atoms with E-state index >= 15 is 0 Å². The molecule has 2 rings (SSSR count). The Hall–Kier alpha value is -1.02. The number of carbonyl (C=O) groups is 1. The van der Waals surface area contributed by atoms with Gasteiger partial charge in [0.05, 0.1) is 6.61 Å². The third-order valence-electron chi connectivity index (χ3n) is 3.35. The van der Waals surface area contributed by atoms with Crippen molar-refractivity contribution in [1.82, 2.24) is 0 Å². The van der Waals surface area contributed by atoms with Crippen molar-refractivity contribution in [1.29, 1.82) is 0 Å². The van der Waals surface area contributed by atoms with Crippen molar-refractivity contribution in [3.8, 4) is 5.75 Å². The maximum absolute atomic E-state index is 12.0. The third kappa shape index (κ3) is 2.63. The highest BCUT2D eigenvalue weighted by Crippen LogP contribution is 2.33. The van der Waals surface area contributed by atoms with Gasteiger partial charge in [-0.2, -0.15) is 0 Å². The average Bonchev–Trinajstić information content (AvgIpc) is 2.75. The maximum atomic E-state index is 12.0. The van der Waals surface area contributed by atoms with Crippen LogP contribution in [0.15, 0.2) is 12.1 Å². The molecule has 0 aromatic heterocycles. The van der Waals surface area contributed by atoms with Crippen molar-refractivity contribution in [2.45, 2.75) is 33.1 Å². The zero-order chi connectivity index (χ0) is 12.4. The molecule has 0 bridgehead atoms. The Morgan fingerprint density at radius 3 is 3.00 bits per heavy atom. The zero-order valence-corrected chi connectivity index (χ0v) is 11.0. The molecule has 17 heavy (non-hydrogen) atoms. The van der Waals surface area contributed by atoms with Gasteiger partial charge in [0.1, 0.15) is 11.5 Å². The van der Waals surface area contributed by atoms with E-state index in [9.17, 15) is 4.79 Å². The number of carbonyl (C=O) groups excluding carboxylic acids is 1. The Bertz CT molecular complexity index is 440. The molecule has 1 aliphatic rings. The minimum atomic E-state index is 0.103. The molecule has 0 saturated heterocycles. The van der Waals surface area contributed by atoms with Crippen LogP contribution in [0.25, 0.3) is 0 Å². The molecule has 1 atom stereocenters. The zero-order valence-electron chi connectivity index (χ0n) is 10.3. The van der Waals surface area contributed by atoms with E-state index < -0.39 is 0 Å². The van der Waals surface area contributed by atoms with E-state index in [2.05, 4.69) is 0 Å². The number of ketones is 1. The summed E-state index contributed by atoms with van der Waals surface area (Å²) >= 11 is 6.06. The van der Waals surface area contributed by atoms with Gasteiger partial charge in [-0.25, -0.2) is 0 Å². The van der Waals surface area contributed by atoms with Crippen LogP contribution in [0.1, 0.15) is 31.4 Å². The van der Waals surface area contributed by atoms with Crippen molar-refractivity contribution < 1.29 is 9.53 Å². The van der Waals surface area contributed by atoms with Gasteiger partial charge < -0.3 is 4.74 Å². The molecule has 2 nitrogen and oxygen atoms in total. The molecule has 0 spiro atoms. The van der Waals surface area contributed by atoms with Crippen LogP contribution in [0.5, 0.6) is 5.75 Å². The van der Waals surface area contributed by atoms with Gasteiger partial charge in [0.2, 0.25) is 0 Å². The van der Waals surface area contributed by atoms with Gasteiger partial charge >= 0.3 is 0 Å². The first-order chi connectivity index (χ1) is 8.11. The van der Waals surface area contributed by atoms with Gasteiger partial charge in [0.15, 0.2) is 0 Å². The Balaban J connectivity index is 2.24. The molecule has 0 amide bonds. The molecular formula is C14H17ClO2. The van der Waals surface area contributed by atoms with Crippen LogP contribution in [0.4, 0.5) is 0 Å². The van der Waals surface area contributed by atoms with E-state index in [1.54, 1.807) is 0 Å². The highest BCUT2D eigenvalue weighted by molar-refractivity contribution is 6.30. The Morgan fingerprint density at radius 2 is 2.29 bits per heavy atom. The Kier molecular flexibility index (Phi) is 3.72. The number of halogens is 1. The fraction of sp³-hybridized carbons (Fsp3) is 0.500. The van der Waals surface area contributed by atoms with E-state index in [0.29, 0.717) is 18.1 Å². The topological polar surface area (TPSA) is 26.3 Å². The standard InChI is InChI=1S/C14H17ClO2/c1-3-9(2)13(16)8-11-7-12(15)6-10-4-5-17-14(10)11/h6-7,9H,3-5,8H2,1-2H3. The Morgan fingerprint density at radius 1 is 1.53 bits per heavy atom. The third-order valence-corrected chi connectivity index (χ3v) is 3.57. The molecule has 1 aromatic rings. The first-order valence-electron chi connectivity index (χ1n) is 6.08. The number of ether oxygens (including phenoxy) is 1. The molecule has 1 aliphatic heterocycles. The predicted molar refractivity (Wildman–Crippen MR) is 68.8 cm³/mol. The highest BCUT2D eigenvalue weighted by Gasteiger charge is 2.20. The van der Waals surface area contributed by atoms with E-state index in [0.717, 1.165) is 29.7 Å². The summed E-state index contributed by atoms with van der Waals surface area (Å²) in [7, 11) is 0. The molecule has 0 aliphatic carbocycles. The summed E-state index contributed by atoms with van der Waals surface area (Å²) in [4.78, 5) is 12.0. The lowest BCUT2D eigenvalue weighted by Crippen LogP contribution is -2.13. The molecule has 1 unspecified atom stereocenters. The van der Waals surface area contributed by atoms with Gasteiger partial charge in [-0.1, -0.05) is 25.4 Å². The molecule has 1 heterocycles. The quantitative estimate of drug-likeness (QED) is 0.821. The fourth-order valence-corrected chi connectivity index (χ4v) is 2.33. The molecule has 0 radical (unpaired) electrons. The van der Waals surface area contributed by atoms with Gasteiger partial charge in [0.25, 0.3) is 0 Å². The van der Waals surface area contributed by atoms with Crippen LogP contribution in [-0.4, -0.2) is 12.4 Å². The highest BCUT2D eigenvalue weighted by atomic mass is 35.5. The number of Topliss-reactive ketones (excluding diaryl/α,β-unsaturated/α-hetero) is 1. The van der Waals surface area contributed by atoms with Gasteiger partial charge in [-0.05, 0) is 24.1 Å². The normalized spacial score (nSPS) is 15.2. The van der Waals surface area contributed by atoms with E-state index in [1.807, 2.05) is 26.0 Å². The second kappa shape index (κ2) is 5.09. The SMILES string of the molecule is CCC(C)C(=O)Cc1cc(Cl)cc2c1OCC2. The summed E-state index contributed by atoms with van der Waals surface area (Å²) < 4.78 is 5.59. The minimum Gasteiger partial charge on any atom is -0.493 e. The van der Waals surface area contributed by atoms with Crippen molar-refractivity contribution in [3.63, 3.8) is 0 Å². The second-order valence-corrected chi connectivity index (χ2v) is 5.04. The number of hydrogen-bond donors (Lipinski definition) is 0. The molecule has 0 fully saturated rings. The lowest BCUT2D eigenvalue weighted by atomic mass is 9.96. The smallest absolute Gasteiger partial charge is 0.140 e. The first kappa shape index (κ1) is 12.4. The average molecular weight is 253 g/mol. The molecule has 0 saturated carbocycles. The summed E-state index contributed by atoms with van der Waals surface area (Å²) in [6, 6.07) is 3.78. The van der Waals surface area contributed by atoms with Crippen molar-refractivity contribution >= 4 is 17.4 Å². The number of rotatable bonds is 4. The fourth-order valence-electron chi connectivity index (χ4n) is 2.07. The van der Waals surface area contributed by atoms with Crippen LogP contribution >= 0.6 is 11.6 Å². The van der Waals surface area contributed by atoms with Crippen LogP contribution < -0.4 is 4.74 Å². The van der Waals surface area contributed by atoms with Gasteiger partial charge in [-0.3, -0.25) is 4.79 Å². The molecule has 92 valence electrons. The Labute approximate surface area is 107 Å². The summed E-state index contributed by atoms with van der Waals surface area (Å²) in [5.41, 5.74) is 2.07. The van der Waals surface area contributed by atoms with Crippen molar-refractivity contribution in [3.05, 3.63) is 28.3 Å². The minimum absolute atomic E-state index is 0.103. The maximum Gasteiger partial charge on any atom is 0.140 e. The number of benzene rings is 1. The van der Waals surface area contributed by atoms with Crippen LogP contribution in [0.2, 0.25) is 5.02 Å². The second-order valence-electron chi connectivity index (χ2n) is 4.60. The molecule has 3 heteroatoms. The molecular weight excluding hydrogens is 236 g/mol. The predicted octanol–water partition coefficient (Wildman–Crippen LogP) is 3.43. The van der Waals surface area contributed by atoms with Crippen molar-refractivity contribution in [2.75, 3.05) is 6.61 Å². The van der Waals surface area contributed by atoms with Crippen LogP contribution in [0, 0.1) is 5.92 Å². The van der Waals surface area contributed by atoms with E-state index in [1.165, 1.54) is 0 Å². The largest absolute Gasteiger partial charge is 0.493 e. The number of fused-ring (bicyclic) bond motifs is 1. The van der Waals surface area contributed by atoms with E-state index in [-0.39, 0.29) is 11.7 Å². The van der Waals surface area contributed by atoms with Crippen molar-refractivity contribution in [2.24, 2.45) is 5.92 Å². The lowest BCUT2D eigenvalue weighted by Gasteiger charge is -2.11. The molecule has 1 aromatic carbocycles.